The van der Waals surface area contributed by atoms with Gasteiger partial charge in [0.15, 0.2) is 0 Å². The molecule has 1 aromatic carbocycles. The summed E-state index contributed by atoms with van der Waals surface area (Å²) in [6.07, 6.45) is -0.384. The van der Waals surface area contributed by atoms with Crippen LogP contribution >= 0.6 is 0 Å². The van der Waals surface area contributed by atoms with Crippen LogP contribution in [0, 0.1) is 5.92 Å². The fourth-order valence-corrected chi connectivity index (χ4v) is 2.25. The van der Waals surface area contributed by atoms with E-state index in [4.69, 9.17) is 4.74 Å². The molecule has 1 saturated heterocycles. The van der Waals surface area contributed by atoms with Crippen LogP contribution in [-0.2, 0) is 20.7 Å². The highest BCUT2D eigenvalue weighted by molar-refractivity contribution is 6.14. The molecule has 1 atom stereocenters. The van der Waals surface area contributed by atoms with Gasteiger partial charge in [-0.25, -0.2) is 4.79 Å². The van der Waals surface area contributed by atoms with Crippen LogP contribution in [0.25, 0.3) is 0 Å². The van der Waals surface area contributed by atoms with Crippen LogP contribution < -0.4 is 0 Å². The first kappa shape index (κ1) is 15.2. The van der Waals surface area contributed by atoms with E-state index in [0.717, 1.165) is 5.56 Å². The number of likely N-dealkylation sites (tertiary alicyclic amines) is 1. The van der Waals surface area contributed by atoms with Gasteiger partial charge in [0.25, 0.3) is 0 Å². The Balaban J connectivity index is 2.08. The van der Waals surface area contributed by atoms with Crippen LogP contribution in [0.3, 0.4) is 0 Å². The van der Waals surface area contributed by atoms with Gasteiger partial charge in [-0.3, -0.25) is 9.59 Å². The number of imide groups is 3. The van der Waals surface area contributed by atoms with E-state index < -0.39 is 29.4 Å². The quantitative estimate of drug-likeness (QED) is 0.785. The van der Waals surface area contributed by atoms with Gasteiger partial charge in [-0.2, -0.15) is 4.90 Å². The first-order valence-corrected chi connectivity index (χ1v) is 6.91. The molecule has 112 valence electrons. The monoisotopic (exact) mass is 289 g/mol. The Morgan fingerprint density at radius 3 is 2.43 bits per heavy atom. The van der Waals surface area contributed by atoms with Crippen LogP contribution in [0.15, 0.2) is 30.3 Å². The molecule has 1 aliphatic heterocycles. The van der Waals surface area contributed by atoms with E-state index in [9.17, 15) is 14.4 Å². The lowest BCUT2D eigenvalue weighted by molar-refractivity contribution is -0.138. The maximum absolute atomic E-state index is 12.3. The molecule has 0 spiro atoms. The van der Waals surface area contributed by atoms with Gasteiger partial charge in [-0.05, 0) is 32.8 Å². The SMILES string of the molecule is CC(C)(C)OC(=O)N1C(=O)CC(Cc2ccccc2)C1=O. The lowest BCUT2D eigenvalue weighted by Gasteiger charge is -2.22. The van der Waals surface area contributed by atoms with E-state index in [1.54, 1.807) is 20.8 Å². The van der Waals surface area contributed by atoms with Gasteiger partial charge in [-0.1, -0.05) is 30.3 Å². The molecular formula is C16H19NO4. The van der Waals surface area contributed by atoms with Crippen molar-refractivity contribution in [3.05, 3.63) is 35.9 Å². The van der Waals surface area contributed by atoms with E-state index in [1.165, 1.54) is 0 Å². The van der Waals surface area contributed by atoms with Crippen molar-refractivity contribution in [1.29, 1.82) is 0 Å². The van der Waals surface area contributed by atoms with E-state index in [0.29, 0.717) is 11.3 Å². The smallest absolute Gasteiger partial charge is 0.424 e. The molecule has 0 bridgehead atoms. The molecule has 0 radical (unpaired) electrons. The molecule has 21 heavy (non-hydrogen) atoms. The van der Waals surface area contributed by atoms with E-state index in [-0.39, 0.29) is 6.42 Å². The van der Waals surface area contributed by atoms with Crippen molar-refractivity contribution in [2.24, 2.45) is 5.92 Å². The highest BCUT2D eigenvalue weighted by atomic mass is 16.6. The zero-order valence-corrected chi connectivity index (χ0v) is 12.5. The van der Waals surface area contributed by atoms with Gasteiger partial charge in [-0.15, -0.1) is 0 Å². The second-order valence-corrected chi connectivity index (χ2v) is 6.14. The molecule has 2 rings (SSSR count). The highest BCUT2D eigenvalue weighted by Crippen LogP contribution is 2.25. The molecule has 0 N–H and O–H groups in total. The van der Waals surface area contributed by atoms with Crippen LogP contribution in [0.5, 0.6) is 0 Å². The Morgan fingerprint density at radius 2 is 1.86 bits per heavy atom. The maximum Gasteiger partial charge on any atom is 0.424 e. The third-order valence-electron chi connectivity index (χ3n) is 3.14. The largest absolute Gasteiger partial charge is 0.443 e. The molecule has 5 nitrogen and oxygen atoms in total. The molecule has 1 aliphatic rings. The molecule has 5 heteroatoms. The fraction of sp³-hybridized carbons (Fsp3) is 0.438. The number of nitrogens with zero attached hydrogens (tertiary/aromatic N) is 1. The number of amides is 3. The third kappa shape index (κ3) is 3.68. The summed E-state index contributed by atoms with van der Waals surface area (Å²) in [4.78, 5) is 36.7. The minimum absolute atomic E-state index is 0.0486. The van der Waals surface area contributed by atoms with E-state index >= 15 is 0 Å². The standard InChI is InChI=1S/C16H19NO4/c1-16(2,3)21-15(20)17-13(18)10-12(14(17)19)9-11-7-5-4-6-8-11/h4-8,12H,9-10H2,1-3H3. The van der Waals surface area contributed by atoms with Crippen molar-refractivity contribution in [1.82, 2.24) is 4.90 Å². The summed E-state index contributed by atoms with van der Waals surface area (Å²) in [5.74, 6) is -1.46. The first-order chi connectivity index (χ1) is 9.78. The number of rotatable bonds is 2. The highest BCUT2D eigenvalue weighted by Gasteiger charge is 2.44. The lowest BCUT2D eigenvalue weighted by atomic mass is 9.98. The zero-order valence-electron chi connectivity index (χ0n) is 12.5. The fourth-order valence-electron chi connectivity index (χ4n) is 2.25. The summed E-state index contributed by atoms with van der Waals surface area (Å²) in [5, 5.41) is 0. The van der Waals surface area contributed by atoms with Crippen molar-refractivity contribution in [2.75, 3.05) is 0 Å². The van der Waals surface area contributed by atoms with Gasteiger partial charge >= 0.3 is 6.09 Å². The topological polar surface area (TPSA) is 63.7 Å². The van der Waals surface area contributed by atoms with Crippen LogP contribution in [0.4, 0.5) is 4.79 Å². The third-order valence-corrected chi connectivity index (χ3v) is 3.14. The van der Waals surface area contributed by atoms with Gasteiger partial charge in [0.05, 0.1) is 5.92 Å². The first-order valence-electron chi connectivity index (χ1n) is 6.91. The second-order valence-electron chi connectivity index (χ2n) is 6.14. The summed E-state index contributed by atoms with van der Waals surface area (Å²) < 4.78 is 5.11. The number of hydrogen-bond acceptors (Lipinski definition) is 4. The Kier molecular flexibility index (Phi) is 4.11. The Labute approximate surface area is 123 Å². The van der Waals surface area contributed by atoms with E-state index in [2.05, 4.69) is 0 Å². The molecule has 1 unspecified atom stereocenters. The van der Waals surface area contributed by atoms with Crippen LogP contribution in [-0.4, -0.2) is 28.4 Å². The summed E-state index contributed by atoms with van der Waals surface area (Å²) in [6, 6.07) is 9.43. The molecule has 0 aromatic heterocycles. The van der Waals surface area contributed by atoms with Crippen LogP contribution in [0.1, 0.15) is 32.8 Å². The molecule has 0 aliphatic carbocycles. The lowest BCUT2D eigenvalue weighted by Crippen LogP contribution is -2.41. The molecule has 1 heterocycles. The Morgan fingerprint density at radius 1 is 1.24 bits per heavy atom. The second kappa shape index (κ2) is 5.68. The van der Waals surface area contributed by atoms with E-state index in [1.807, 2.05) is 30.3 Å². The molecule has 3 amide bonds. The van der Waals surface area contributed by atoms with Gasteiger partial charge in [0.1, 0.15) is 5.60 Å². The average Bonchev–Trinajstić information content (AvgIpc) is 2.63. The van der Waals surface area contributed by atoms with Crippen molar-refractivity contribution in [2.45, 2.75) is 39.2 Å². The van der Waals surface area contributed by atoms with Crippen molar-refractivity contribution < 1.29 is 19.1 Å². The van der Waals surface area contributed by atoms with Gasteiger partial charge in [0.2, 0.25) is 11.8 Å². The summed E-state index contributed by atoms with van der Waals surface area (Å²) in [5.41, 5.74) is 0.226. The number of hydrogen-bond donors (Lipinski definition) is 0. The predicted molar refractivity (Wildman–Crippen MR) is 76.3 cm³/mol. The maximum atomic E-state index is 12.3. The minimum atomic E-state index is -0.881. The zero-order chi connectivity index (χ0) is 15.6. The van der Waals surface area contributed by atoms with Crippen LogP contribution in [0.2, 0.25) is 0 Å². The number of ether oxygens (including phenoxy) is 1. The average molecular weight is 289 g/mol. The number of carbonyl (C=O) groups excluding carboxylic acids is 3. The summed E-state index contributed by atoms with van der Waals surface area (Å²) in [6.45, 7) is 5.08. The number of benzene rings is 1. The van der Waals surface area contributed by atoms with Crippen molar-refractivity contribution in [3.63, 3.8) is 0 Å². The number of carbonyl (C=O) groups is 3. The normalized spacial score (nSPS) is 19.0. The van der Waals surface area contributed by atoms with Gasteiger partial charge in [0, 0.05) is 6.42 Å². The summed E-state index contributed by atoms with van der Waals surface area (Å²) >= 11 is 0. The molecular weight excluding hydrogens is 270 g/mol. The van der Waals surface area contributed by atoms with Gasteiger partial charge < -0.3 is 4.74 Å². The minimum Gasteiger partial charge on any atom is -0.443 e. The Bertz CT molecular complexity index is 559. The van der Waals surface area contributed by atoms with Crippen molar-refractivity contribution >= 4 is 17.9 Å². The molecule has 1 aromatic rings. The Hall–Kier alpha value is -2.17. The summed E-state index contributed by atoms with van der Waals surface area (Å²) in [7, 11) is 0. The van der Waals surface area contributed by atoms with Crippen molar-refractivity contribution in [3.8, 4) is 0 Å². The molecule has 1 fully saturated rings. The predicted octanol–water partition coefficient (Wildman–Crippen LogP) is 2.54. The molecule has 0 saturated carbocycles.